The van der Waals surface area contributed by atoms with Gasteiger partial charge in [0.25, 0.3) is 0 Å². The highest BCUT2D eigenvalue weighted by atomic mass is 16.1. The van der Waals surface area contributed by atoms with Crippen LogP contribution in [0.5, 0.6) is 0 Å². The van der Waals surface area contributed by atoms with Crippen LogP contribution in [0.4, 0.5) is 0 Å². The molecule has 0 spiro atoms. The smallest absolute Gasteiger partial charge is 0.163 e. The number of hydrogen-bond acceptors (Lipinski definition) is 4. The van der Waals surface area contributed by atoms with E-state index in [2.05, 4.69) is 24.5 Å². The monoisotopic (exact) mass is 256 g/mol. The van der Waals surface area contributed by atoms with Crippen LogP contribution in [0.15, 0.2) is 0 Å². The van der Waals surface area contributed by atoms with E-state index >= 15 is 0 Å². The first-order valence-electron chi connectivity index (χ1n) is 6.93. The van der Waals surface area contributed by atoms with Crippen molar-refractivity contribution in [1.29, 1.82) is 0 Å². The molecule has 3 atom stereocenters. The number of carbonyl (C=O) groups is 2. The zero-order chi connectivity index (χ0) is 14.1. The number of hydrogen-bond donors (Lipinski definition) is 2. The molecule has 2 N–H and O–H groups in total. The molecule has 0 aliphatic rings. The fourth-order valence-electron chi connectivity index (χ4n) is 1.82. The van der Waals surface area contributed by atoms with Gasteiger partial charge in [0, 0.05) is 0 Å². The van der Waals surface area contributed by atoms with Crippen LogP contribution in [0.1, 0.15) is 47.5 Å². The second-order valence-corrected chi connectivity index (χ2v) is 5.00. The van der Waals surface area contributed by atoms with E-state index in [0.717, 1.165) is 19.4 Å². The van der Waals surface area contributed by atoms with Crippen LogP contribution in [0.3, 0.4) is 0 Å². The maximum absolute atomic E-state index is 11.9. The highest BCUT2D eigenvalue weighted by Gasteiger charge is 2.21. The Morgan fingerprint density at radius 3 is 2.17 bits per heavy atom. The predicted octanol–water partition coefficient (Wildman–Crippen LogP) is 1.54. The van der Waals surface area contributed by atoms with Crippen LogP contribution in [0, 0.1) is 5.92 Å². The molecule has 0 aliphatic heterocycles. The molecule has 0 aliphatic carbocycles. The van der Waals surface area contributed by atoms with Gasteiger partial charge >= 0.3 is 0 Å². The van der Waals surface area contributed by atoms with Crippen molar-refractivity contribution in [2.45, 2.75) is 59.5 Å². The van der Waals surface area contributed by atoms with Crippen molar-refractivity contribution < 1.29 is 9.59 Å². The molecule has 0 heterocycles. The van der Waals surface area contributed by atoms with Crippen LogP contribution in [0.2, 0.25) is 0 Å². The van der Waals surface area contributed by atoms with Crippen LogP contribution < -0.4 is 10.6 Å². The first-order chi connectivity index (χ1) is 8.43. The molecule has 0 aromatic carbocycles. The second kappa shape index (κ2) is 9.22. The highest BCUT2D eigenvalue weighted by molar-refractivity contribution is 5.87. The van der Waals surface area contributed by atoms with Gasteiger partial charge in [-0.15, -0.1) is 0 Å². The number of carbonyl (C=O) groups excluding carboxylic acids is 2. The summed E-state index contributed by atoms with van der Waals surface area (Å²) in [6, 6.07) is -0.362. The third-order valence-electron chi connectivity index (χ3n) is 3.33. The summed E-state index contributed by atoms with van der Waals surface area (Å²) >= 11 is 0. The number of Topliss-reactive ketones (excluding diaryl/α,β-unsaturated/α-hetero) is 2. The van der Waals surface area contributed by atoms with Crippen molar-refractivity contribution in [1.82, 2.24) is 10.6 Å². The first-order valence-corrected chi connectivity index (χ1v) is 6.93. The molecule has 0 fully saturated rings. The lowest BCUT2D eigenvalue weighted by molar-refractivity contribution is -0.121. The van der Waals surface area contributed by atoms with Crippen molar-refractivity contribution in [3.8, 4) is 0 Å². The van der Waals surface area contributed by atoms with Gasteiger partial charge in [-0.3, -0.25) is 9.59 Å². The quantitative estimate of drug-likeness (QED) is 0.622. The van der Waals surface area contributed by atoms with Gasteiger partial charge in [-0.25, -0.2) is 0 Å². The standard InChI is InChI=1S/C14H28N2O2/c1-6-8-15-11(4)13(18)9-16-14(12(5)17)10(3)7-2/h10-11,14-16H,6-9H2,1-5H3/t10-,11-,14?/m0/s1. The van der Waals surface area contributed by atoms with Crippen LogP contribution >= 0.6 is 0 Å². The Labute approximate surface area is 111 Å². The average Bonchev–Trinajstić information content (AvgIpc) is 2.34. The van der Waals surface area contributed by atoms with Gasteiger partial charge in [0.15, 0.2) is 5.78 Å². The van der Waals surface area contributed by atoms with Gasteiger partial charge in [0.2, 0.25) is 0 Å². The van der Waals surface area contributed by atoms with Crippen molar-refractivity contribution in [3.63, 3.8) is 0 Å². The number of rotatable bonds is 10. The maximum Gasteiger partial charge on any atom is 0.163 e. The van der Waals surface area contributed by atoms with E-state index in [4.69, 9.17) is 0 Å². The van der Waals surface area contributed by atoms with Gasteiger partial charge in [-0.05, 0) is 32.7 Å². The van der Waals surface area contributed by atoms with Crippen LogP contribution in [-0.4, -0.2) is 36.7 Å². The highest BCUT2D eigenvalue weighted by Crippen LogP contribution is 2.08. The Kier molecular flexibility index (Phi) is 8.85. The molecule has 0 rings (SSSR count). The van der Waals surface area contributed by atoms with E-state index in [0.29, 0.717) is 0 Å². The lowest BCUT2D eigenvalue weighted by atomic mass is 9.96. The summed E-state index contributed by atoms with van der Waals surface area (Å²) in [6.45, 7) is 10.7. The van der Waals surface area contributed by atoms with Gasteiger partial charge in [0.1, 0.15) is 5.78 Å². The van der Waals surface area contributed by atoms with Crippen LogP contribution in [0.25, 0.3) is 0 Å². The number of nitrogens with one attached hydrogen (secondary N) is 2. The van der Waals surface area contributed by atoms with E-state index < -0.39 is 0 Å². The van der Waals surface area contributed by atoms with Gasteiger partial charge in [-0.2, -0.15) is 0 Å². The lowest BCUT2D eigenvalue weighted by Gasteiger charge is -2.22. The van der Waals surface area contributed by atoms with E-state index in [1.807, 2.05) is 13.8 Å². The minimum Gasteiger partial charge on any atom is -0.308 e. The minimum absolute atomic E-state index is 0.103. The van der Waals surface area contributed by atoms with E-state index in [-0.39, 0.29) is 36.1 Å². The van der Waals surface area contributed by atoms with E-state index in [1.165, 1.54) is 0 Å². The zero-order valence-corrected chi connectivity index (χ0v) is 12.4. The van der Waals surface area contributed by atoms with Gasteiger partial charge < -0.3 is 10.6 Å². The number of ketones is 2. The van der Waals surface area contributed by atoms with Gasteiger partial charge in [0.05, 0.1) is 18.6 Å². The molecule has 0 aromatic rings. The topological polar surface area (TPSA) is 58.2 Å². The molecule has 0 radical (unpaired) electrons. The molecule has 106 valence electrons. The Bertz CT molecular complexity index is 267. The van der Waals surface area contributed by atoms with Crippen LogP contribution in [-0.2, 0) is 9.59 Å². The summed E-state index contributed by atoms with van der Waals surface area (Å²) < 4.78 is 0. The molecule has 0 bridgehead atoms. The molecule has 4 nitrogen and oxygen atoms in total. The minimum atomic E-state index is -0.211. The van der Waals surface area contributed by atoms with Crippen molar-refractivity contribution in [2.24, 2.45) is 5.92 Å². The summed E-state index contributed by atoms with van der Waals surface area (Å²) in [6.07, 6.45) is 1.93. The summed E-state index contributed by atoms with van der Waals surface area (Å²) in [5.41, 5.74) is 0. The van der Waals surface area contributed by atoms with E-state index in [9.17, 15) is 9.59 Å². The molecule has 4 heteroatoms. The Morgan fingerprint density at radius 2 is 1.72 bits per heavy atom. The Hall–Kier alpha value is -0.740. The largest absolute Gasteiger partial charge is 0.308 e. The Balaban J connectivity index is 4.18. The van der Waals surface area contributed by atoms with Crippen molar-refractivity contribution in [2.75, 3.05) is 13.1 Å². The molecule has 0 saturated carbocycles. The van der Waals surface area contributed by atoms with Gasteiger partial charge in [-0.1, -0.05) is 27.2 Å². The molecular formula is C14H28N2O2. The van der Waals surface area contributed by atoms with Crippen molar-refractivity contribution >= 4 is 11.6 Å². The molecule has 0 saturated heterocycles. The normalized spacial score (nSPS) is 16.1. The average molecular weight is 256 g/mol. The third-order valence-corrected chi connectivity index (χ3v) is 3.33. The SMILES string of the molecule is CCCN[C@@H](C)C(=O)CNC(C(C)=O)[C@@H](C)CC. The summed E-state index contributed by atoms with van der Waals surface area (Å²) in [7, 11) is 0. The lowest BCUT2D eigenvalue weighted by Crippen LogP contribution is -2.47. The van der Waals surface area contributed by atoms with E-state index in [1.54, 1.807) is 6.92 Å². The second-order valence-electron chi connectivity index (χ2n) is 5.00. The Morgan fingerprint density at radius 1 is 1.11 bits per heavy atom. The third kappa shape index (κ3) is 6.26. The summed E-state index contributed by atoms with van der Waals surface area (Å²) in [5.74, 6) is 0.471. The molecule has 18 heavy (non-hydrogen) atoms. The molecule has 1 unspecified atom stereocenters. The predicted molar refractivity (Wildman–Crippen MR) is 74.7 cm³/mol. The van der Waals surface area contributed by atoms with Crippen molar-refractivity contribution in [3.05, 3.63) is 0 Å². The fraction of sp³-hybridized carbons (Fsp3) is 0.857. The zero-order valence-electron chi connectivity index (χ0n) is 12.4. The summed E-state index contributed by atoms with van der Waals surface area (Å²) in [5, 5.41) is 6.24. The first kappa shape index (κ1) is 17.3. The summed E-state index contributed by atoms with van der Waals surface area (Å²) in [4.78, 5) is 23.4. The molecule has 0 amide bonds. The fourth-order valence-corrected chi connectivity index (χ4v) is 1.82. The molecular weight excluding hydrogens is 228 g/mol. The molecule has 0 aromatic heterocycles. The maximum atomic E-state index is 11.9.